The number of rotatable bonds is 11. The van der Waals surface area contributed by atoms with Gasteiger partial charge < -0.3 is 25.8 Å². The molecule has 1 saturated carbocycles. The van der Waals surface area contributed by atoms with Gasteiger partial charge in [0.1, 0.15) is 0 Å². The van der Waals surface area contributed by atoms with Crippen molar-refractivity contribution in [3.05, 3.63) is 23.4 Å². The molecule has 8 nitrogen and oxygen atoms in total. The maximum atomic E-state index is 12.4. The van der Waals surface area contributed by atoms with Crippen LogP contribution in [0.15, 0.2) is 17.2 Å². The molecule has 0 aromatic carbocycles. The Balaban J connectivity index is 1.37. The average Bonchev–Trinajstić information content (AvgIpc) is 3.04. The second kappa shape index (κ2) is 13.3. The molecule has 0 bridgehead atoms. The number of fused-ring (bicyclic) bond motifs is 1. The van der Waals surface area contributed by atoms with Gasteiger partial charge in [-0.3, -0.25) is 4.79 Å². The van der Waals surface area contributed by atoms with Gasteiger partial charge in [-0.1, -0.05) is 6.07 Å². The molecule has 34 heavy (non-hydrogen) atoms. The van der Waals surface area contributed by atoms with Gasteiger partial charge in [0.25, 0.3) is 6.43 Å². The zero-order valence-corrected chi connectivity index (χ0v) is 19.9. The predicted molar refractivity (Wildman–Crippen MR) is 128 cm³/mol. The largest absolute Gasteiger partial charge is 0.472 e. The molecular weight excluding hydrogens is 442 g/mol. The summed E-state index contributed by atoms with van der Waals surface area (Å²) in [4.78, 5) is 19.1. The van der Waals surface area contributed by atoms with Crippen molar-refractivity contribution in [2.75, 3.05) is 33.3 Å². The summed E-state index contributed by atoms with van der Waals surface area (Å²) in [5.74, 6) is 0.857. The van der Waals surface area contributed by atoms with Crippen molar-refractivity contribution in [2.24, 2.45) is 11.0 Å². The van der Waals surface area contributed by atoms with Crippen molar-refractivity contribution in [1.82, 2.24) is 20.6 Å². The van der Waals surface area contributed by atoms with Crippen LogP contribution in [0.3, 0.4) is 0 Å². The summed E-state index contributed by atoms with van der Waals surface area (Å²) in [7, 11) is 1.65. The van der Waals surface area contributed by atoms with Crippen LogP contribution in [0.4, 0.5) is 8.78 Å². The van der Waals surface area contributed by atoms with E-state index in [1.54, 1.807) is 13.1 Å². The first-order chi connectivity index (χ1) is 16.5. The highest BCUT2D eigenvalue weighted by Crippen LogP contribution is 2.27. The molecule has 1 fully saturated rings. The van der Waals surface area contributed by atoms with E-state index in [9.17, 15) is 13.6 Å². The van der Waals surface area contributed by atoms with Gasteiger partial charge in [-0.15, -0.1) is 0 Å². The molecule has 10 heteroatoms. The van der Waals surface area contributed by atoms with Crippen LogP contribution in [0.5, 0.6) is 5.88 Å². The van der Waals surface area contributed by atoms with E-state index in [2.05, 4.69) is 25.7 Å². The molecule has 188 valence electrons. The maximum absolute atomic E-state index is 12.4. The van der Waals surface area contributed by atoms with E-state index in [-0.39, 0.29) is 24.2 Å². The molecule has 1 amide bonds. The Labute approximate surface area is 200 Å². The number of pyridine rings is 1. The summed E-state index contributed by atoms with van der Waals surface area (Å²) in [5, 5.41) is 14.3. The molecule has 3 rings (SSSR count). The fourth-order valence-electron chi connectivity index (χ4n) is 4.73. The van der Waals surface area contributed by atoms with Crippen LogP contribution in [-0.2, 0) is 17.6 Å². The summed E-state index contributed by atoms with van der Waals surface area (Å²) in [6.45, 7) is 2.29. The van der Waals surface area contributed by atoms with E-state index in [4.69, 9.17) is 10.1 Å². The van der Waals surface area contributed by atoms with Crippen molar-refractivity contribution in [3.63, 3.8) is 0 Å². The fraction of sp³-hybridized carbons (Fsp3) is 0.667. The number of nitrogens with one attached hydrogen (secondary N) is 3. The fourth-order valence-corrected chi connectivity index (χ4v) is 4.73. The van der Waals surface area contributed by atoms with Gasteiger partial charge in [-0.05, 0) is 56.6 Å². The van der Waals surface area contributed by atoms with Crippen LogP contribution >= 0.6 is 0 Å². The van der Waals surface area contributed by atoms with E-state index >= 15 is 0 Å². The molecule has 0 saturated heterocycles. The van der Waals surface area contributed by atoms with Crippen molar-refractivity contribution in [1.29, 1.82) is 5.41 Å². The molecule has 1 aliphatic carbocycles. The second-order valence-electron chi connectivity index (χ2n) is 9.02. The standard InChI is InChI=1S/C24H36F2N6O2/c1-28-31-20(15-27)14-23(33)29-19-5-2-17(3-6-19)8-11-32-12-9-18-4-7-24(34-16-22(25)26)30-21(18)10-13-32/h4,7,15,17,19,22,27-28H,2-3,5-6,8-14,16H2,1H3,(H,29,33)/b27-15?,31-20-. The summed E-state index contributed by atoms with van der Waals surface area (Å²) in [6, 6.07) is 3.84. The second-order valence-corrected chi connectivity index (χ2v) is 9.02. The quantitative estimate of drug-likeness (QED) is 0.335. The minimum Gasteiger partial charge on any atom is -0.472 e. The third-order valence-corrected chi connectivity index (χ3v) is 6.59. The lowest BCUT2D eigenvalue weighted by Gasteiger charge is -2.30. The van der Waals surface area contributed by atoms with Gasteiger partial charge in [0.2, 0.25) is 11.8 Å². The minimum absolute atomic E-state index is 0.0820. The normalized spacial score (nSPS) is 21.5. The number of alkyl halides is 2. The molecule has 2 aliphatic rings. The first-order valence-corrected chi connectivity index (χ1v) is 12.1. The SMILES string of the molecule is CN/N=C(\C=N)CC(=O)NC1CCC(CCN2CCc3ccc(OCC(F)F)nc3CC2)CC1. The lowest BCUT2D eigenvalue weighted by molar-refractivity contribution is -0.120. The summed E-state index contributed by atoms with van der Waals surface area (Å²) >= 11 is 0. The van der Waals surface area contributed by atoms with Crippen LogP contribution in [0, 0.1) is 11.3 Å². The van der Waals surface area contributed by atoms with E-state index < -0.39 is 13.0 Å². The van der Waals surface area contributed by atoms with Gasteiger partial charge in [0.15, 0.2) is 6.61 Å². The molecule has 0 radical (unpaired) electrons. The highest BCUT2D eigenvalue weighted by atomic mass is 19.3. The Morgan fingerprint density at radius 1 is 1.29 bits per heavy atom. The number of hydrazone groups is 1. The molecule has 1 aliphatic heterocycles. The van der Waals surface area contributed by atoms with Crippen LogP contribution < -0.4 is 15.5 Å². The first-order valence-electron chi connectivity index (χ1n) is 12.1. The molecule has 2 heterocycles. The van der Waals surface area contributed by atoms with Crippen LogP contribution in [0.2, 0.25) is 0 Å². The third-order valence-electron chi connectivity index (χ3n) is 6.59. The number of carbonyl (C=O) groups is 1. The van der Waals surface area contributed by atoms with Gasteiger partial charge in [-0.2, -0.15) is 5.10 Å². The number of aromatic nitrogens is 1. The van der Waals surface area contributed by atoms with Crippen molar-refractivity contribution in [3.8, 4) is 5.88 Å². The Hall–Kier alpha value is -2.62. The average molecular weight is 479 g/mol. The molecular formula is C24H36F2N6O2. The van der Waals surface area contributed by atoms with Crippen molar-refractivity contribution in [2.45, 2.75) is 63.8 Å². The van der Waals surface area contributed by atoms with E-state index in [0.29, 0.717) is 11.6 Å². The van der Waals surface area contributed by atoms with Gasteiger partial charge in [0.05, 0.1) is 12.1 Å². The monoisotopic (exact) mass is 478 g/mol. The van der Waals surface area contributed by atoms with E-state index in [0.717, 1.165) is 76.5 Å². The summed E-state index contributed by atoms with van der Waals surface area (Å²) < 4.78 is 29.8. The number of amides is 1. The molecule has 3 N–H and O–H groups in total. The van der Waals surface area contributed by atoms with Gasteiger partial charge >= 0.3 is 0 Å². The summed E-state index contributed by atoms with van der Waals surface area (Å²) in [6.07, 6.45) is 5.74. The number of carbonyl (C=O) groups excluding carboxylic acids is 1. The zero-order chi connectivity index (χ0) is 24.3. The Morgan fingerprint density at radius 3 is 2.76 bits per heavy atom. The number of halogens is 2. The van der Waals surface area contributed by atoms with E-state index in [1.807, 2.05) is 6.07 Å². The smallest absolute Gasteiger partial charge is 0.272 e. The van der Waals surface area contributed by atoms with E-state index in [1.165, 1.54) is 5.56 Å². The maximum Gasteiger partial charge on any atom is 0.272 e. The molecule has 0 atom stereocenters. The summed E-state index contributed by atoms with van der Waals surface area (Å²) in [5.41, 5.74) is 5.16. The minimum atomic E-state index is -2.50. The molecule has 1 aromatic rings. The highest BCUT2D eigenvalue weighted by molar-refractivity contribution is 6.33. The van der Waals surface area contributed by atoms with Crippen LogP contribution in [0.1, 0.15) is 49.8 Å². The van der Waals surface area contributed by atoms with Crippen molar-refractivity contribution < 1.29 is 18.3 Å². The molecule has 1 aromatic heterocycles. The Kier molecular flexibility index (Phi) is 10.2. The number of hydrogen-bond donors (Lipinski definition) is 3. The van der Waals surface area contributed by atoms with Gasteiger partial charge in [0, 0.05) is 50.6 Å². The van der Waals surface area contributed by atoms with Gasteiger partial charge in [-0.25, -0.2) is 13.8 Å². The molecule has 0 spiro atoms. The topological polar surface area (TPSA) is 103 Å². The lowest BCUT2D eigenvalue weighted by atomic mass is 9.84. The van der Waals surface area contributed by atoms with Crippen LogP contribution in [-0.4, -0.2) is 73.5 Å². The number of hydrogen-bond acceptors (Lipinski definition) is 7. The number of nitrogens with zero attached hydrogens (tertiary/aromatic N) is 3. The Morgan fingerprint density at radius 2 is 2.06 bits per heavy atom. The van der Waals surface area contributed by atoms with Crippen molar-refractivity contribution >= 4 is 17.8 Å². The zero-order valence-electron chi connectivity index (χ0n) is 19.9. The third kappa shape index (κ3) is 8.30. The molecule has 0 unspecified atom stereocenters. The first kappa shape index (κ1) is 26.0. The predicted octanol–water partition coefficient (Wildman–Crippen LogP) is 2.81. The highest BCUT2D eigenvalue weighted by Gasteiger charge is 2.24. The lowest BCUT2D eigenvalue weighted by Crippen LogP contribution is -2.39. The Bertz CT molecular complexity index is 843. The van der Waals surface area contributed by atoms with Crippen LogP contribution in [0.25, 0.3) is 0 Å². The number of ether oxygens (including phenoxy) is 1.